The Labute approximate surface area is 275 Å². The normalized spacial score (nSPS) is 12.3. The van der Waals surface area contributed by atoms with Gasteiger partial charge in [0.25, 0.3) is 10.0 Å². The quantitative estimate of drug-likeness (QED) is 0.187. The highest BCUT2D eigenvalue weighted by atomic mass is 79.9. The van der Waals surface area contributed by atoms with E-state index >= 15 is 0 Å². The van der Waals surface area contributed by atoms with Gasteiger partial charge in [0.1, 0.15) is 12.6 Å². The number of nitrogens with one attached hydrogen (secondary N) is 1. The third kappa shape index (κ3) is 9.28. The Morgan fingerprint density at radius 3 is 2.07 bits per heavy atom. The number of carbonyl (C=O) groups is 2. The second-order valence-corrected chi connectivity index (χ2v) is 15.0. The Kier molecular flexibility index (Phi) is 10.9. The van der Waals surface area contributed by atoms with Crippen molar-refractivity contribution in [3.8, 4) is 0 Å². The SMILES string of the molecule is Cc1ccc(S(=O)(=O)N(CC(=O)N(Cc2cccc(C)c2)[C@H](Cc2ccccc2)C(=O)NC(C)(C)C)c2cccc(Br)c2)cc1. The molecule has 1 atom stereocenters. The average molecular weight is 691 g/mol. The summed E-state index contributed by atoms with van der Waals surface area (Å²) in [6.07, 6.45) is 0.252. The van der Waals surface area contributed by atoms with Gasteiger partial charge in [-0.3, -0.25) is 13.9 Å². The summed E-state index contributed by atoms with van der Waals surface area (Å²) in [5, 5.41) is 3.05. The third-order valence-electron chi connectivity index (χ3n) is 7.19. The summed E-state index contributed by atoms with van der Waals surface area (Å²) < 4.78 is 30.1. The van der Waals surface area contributed by atoms with Crippen LogP contribution in [0.25, 0.3) is 0 Å². The Bertz CT molecular complexity index is 1740. The van der Waals surface area contributed by atoms with Gasteiger partial charge in [0.2, 0.25) is 11.8 Å². The molecule has 0 aromatic heterocycles. The molecule has 4 aromatic rings. The van der Waals surface area contributed by atoms with Crippen LogP contribution in [0.2, 0.25) is 0 Å². The predicted octanol–water partition coefficient (Wildman–Crippen LogP) is 6.82. The fourth-order valence-corrected chi connectivity index (χ4v) is 6.80. The van der Waals surface area contributed by atoms with Gasteiger partial charge >= 0.3 is 0 Å². The van der Waals surface area contributed by atoms with Crippen LogP contribution in [0.5, 0.6) is 0 Å². The standard InChI is InChI=1S/C36H40BrN3O4S/c1-26-17-19-32(20-18-26)45(43,44)40(31-16-10-15-30(37)23-31)25-34(41)39(24-29-14-9-11-27(2)21-29)33(35(42)38-36(3,4)5)22-28-12-7-6-8-13-28/h6-21,23,33H,22,24-25H2,1-5H3,(H,38,42)/t33-/m1/s1. The van der Waals surface area contributed by atoms with Gasteiger partial charge in [0.05, 0.1) is 10.6 Å². The van der Waals surface area contributed by atoms with Gasteiger partial charge in [0.15, 0.2) is 0 Å². The number of amides is 2. The first kappa shape index (κ1) is 33.9. The first-order valence-electron chi connectivity index (χ1n) is 14.8. The molecule has 4 rings (SSSR count). The molecular weight excluding hydrogens is 650 g/mol. The summed E-state index contributed by atoms with van der Waals surface area (Å²) in [7, 11) is -4.16. The zero-order chi connectivity index (χ0) is 32.8. The van der Waals surface area contributed by atoms with Gasteiger partial charge in [-0.05, 0) is 76.1 Å². The zero-order valence-corrected chi connectivity index (χ0v) is 28.7. The van der Waals surface area contributed by atoms with Crippen LogP contribution in [0.1, 0.15) is 43.0 Å². The molecule has 9 heteroatoms. The van der Waals surface area contributed by atoms with Gasteiger partial charge in [-0.25, -0.2) is 8.42 Å². The molecule has 0 heterocycles. The first-order chi connectivity index (χ1) is 21.2. The van der Waals surface area contributed by atoms with Crippen molar-refractivity contribution in [2.24, 2.45) is 0 Å². The largest absolute Gasteiger partial charge is 0.350 e. The number of anilines is 1. The number of rotatable bonds is 11. The number of hydrogen-bond acceptors (Lipinski definition) is 4. The monoisotopic (exact) mass is 689 g/mol. The highest BCUT2D eigenvalue weighted by Gasteiger charge is 2.35. The predicted molar refractivity (Wildman–Crippen MR) is 183 cm³/mol. The van der Waals surface area contributed by atoms with E-state index in [1.54, 1.807) is 48.5 Å². The van der Waals surface area contributed by atoms with Crippen LogP contribution in [-0.2, 0) is 32.6 Å². The molecule has 0 radical (unpaired) electrons. The zero-order valence-electron chi connectivity index (χ0n) is 26.3. The van der Waals surface area contributed by atoms with Gasteiger partial charge in [-0.2, -0.15) is 0 Å². The maximum absolute atomic E-state index is 14.6. The molecule has 0 bridgehead atoms. The maximum atomic E-state index is 14.6. The topological polar surface area (TPSA) is 86.8 Å². The Balaban J connectivity index is 1.82. The Morgan fingerprint density at radius 2 is 1.44 bits per heavy atom. The summed E-state index contributed by atoms with van der Waals surface area (Å²) in [5.41, 5.74) is 3.41. The van der Waals surface area contributed by atoms with Crippen LogP contribution in [-0.4, -0.2) is 43.3 Å². The molecule has 0 unspecified atom stereocenters. The summed E-state index contributed by atoms with van der Waals surface area (Å²) in [6.45, 7) is 9.12. The molecule has 2 amide bonds. The molecule has 0 aliphatic heterocycles. The van der Waals surface area contributed by atoms with E-state index in [2.05, 4.69) is 21.2 Å². The second kappa shape index (κ2) is 14.4. The van der Waals surface area contributed by atoms with Crippen molar-refractivity contribution >= 4 is 43.5 Å². The molecule has 7 nitrogen and oxygen atoms in total. The van der Waals surface area contributed by atoms with Crippen LogP contribution in [0.4, 0.5) is 5.69 Å². The third-order valence-corrected chi connectivity index (χ3v) is 9.47. The van der Waals surface area contributed by atoms with Crippen LogP contribution in [0, 0.1) is 13.8 Å². The van der Waals surface area contributed by atoms with E-state index in [1.165, 1.54) is 4.90 Å². The van der Waals surface area contributed by atoms with E-state index in [0.29, 0.717) is 10.2 Å². The molecule has 45 heavy (non-hydrogen) atoms. The molecule has 0 fully saturated rings. The minimum Gasteiger partial charge on any atom is -0.350 e. The summed E-state index contributed by atoms with van der Waals surface area (Å²) >= 11 is 3.45. The highest BCUT2D eigenvalue weighted by molar-refractivity contribution is 9.10. The fourth-order valence-electron chi connectivity index (χ4n) is 5.01. The number of hydrogen-bond donors (Lipinski definition) is 1. The minimum absolute atomic E-state index is 0.0671. The van der Waals surface area contributed by atoms with Crippen LogP contribution < -0.4 is 9.62 Å². The van der Waals surface area contributed by atoms with E-state index in [1.807, 2.05) is 89.2 Å². The molecular formula is C36H40BrN3O4S. The fraction of sp³-hybridized carbons (Fsp3) is 0.278. The molecule has 1 N–H and O–H groups in total. The van der Waals surface area contributed by atoms with Gasteiger partial charge in [-0.1, -0.05) is 99.9 Å². The molecule has 0 aliphatic carbocycles. The number of benzene rings is 4. The van der Waals surface area contributed by atoms with Crippen LogP contribution in [0.15, 0.2) is 112 Å². The number of carbonyl (C=O) groups excluding carboxylic acids is 2. The van der Waals surface area contributed by atoms with Crippen molar-refractivity contribution in [2.45, 2.75) is 64.1 Å². The van der Waals surface area contributed by atoms with Crippen molar-refractivity contribution in [3.05, 3.63) is 130 Å². The van der Waals surface area contributed by atoms with Crippen molar-refractivity contribution in [2.75, 3.05) is 10.8 Å². The molecule has 236 valence electrons. The van der Waals surface area contributed by atoms with Crippen molar-refractivity contribution in [3.63, 3.8) is 0 Å². The molecule has 0 saturated carbocycles. The van der Waals surface area contributed by atoms with Crippen LogP contribution >= 0.6 is 15.9 Å². The van der Waals surface area contributed by atoms with E-state index in [4.69, 9.17) is 0 Å². The lowest BCUT2D eigenvalue weighted by Gasteiger charge is -2.35. The summed E-state index contributed by atoms with van der Waals surface area (Å²) in [5.74, 6) is -0.820. The smallest absolute Gasteiger partial charge is 0.264 e. The van der Waals surface area contributed by atoms with Crippen LogP contribution in [0.3, 0.4) is 0 Å². The van der Waals surface area contributed by atoms with Crippen molar-refractivity contribution in [1.29, 1.82) is 0 Å². The number of nitrogens with zero attached hydrogens (tertiary/aromatic N) is 2. The summed E-state index contributed by atoms with van der Waals surface area (Å²) in [4.78, 5) is 30.1. The molecule has 0 spiro atoms. The lowest BCUT2D eigenvalue weighted by atomic mass is 10.0. The number of aryl methyl sites for hydroxylation is 2. The van der Waals surface area contributed by atoms with E-state index in [9.17, 15) is 18.0 Å². The maximum Gasteiger partial charge on any atom is 0.264 e. The Hall–Kier alpha value is -3.95. The van der Waals surface area contributed by atoms with Gasteiger partial charge in [-0.15, -0.1) is 0 Å². The highest BCUT2D eigenvalue weighted by Crippen LogP contribution is 2.28. The molecule has 4 aromatic carbocycles. The van der Waals surface area contributed by atoms with E-state index < -0.39 is 34.1 Å². The number of halogens is 1. The lowest BCUT2D eigenvalue weighted by Crippen LogP contribution is -2.56. The van der Waals surface area contributed by atoms with E-state index in [-0.39, 0.29) is 23.8 Å². The van der Waals surface area contributed by atoms with Gasteiger partial charge in [0, 0.05) is 23.0 Å². The van der Waals surface area contributed by atoms with Crippen molar-refractivity contribution < 1.29 is 18.0 Å². The lowest BCUT2D eigenvalue weighted by molar-refractivity contribution is -0.140. The van der Waals surface area contributed by atoms with Crippen molar-refractivity contribution in [1.82, 2.24) is 10.2 Å². The molecule has 0 saturated heterocycles. The molecule has 0 aliphatic rings. The second-order valence-electron chi connectivity index (χ2n) is 12.3. The average Bonchev–Trinajstić information content (AvgIpc) is 2.97. The minimum atomic E-state index is -4.16. The first-order valence-corrected chi connectivity index (χ1v) is 17.0. The van der Waals surface area contributed by atoms with E-state index in [0.717, 1.165) is 26.6 Å². The Morgan fingerprint density at radius 1 is 0.800 bits per heavy atom. The summed E-state index contributed by atoms with van der Waals surface area (Å²) in [6, 6.07) is 29.7. The van der Waals surface area contributed by atoms with Gasteiger partial charge < -0.3 is 10.2 Å². The number of sulfonamides is 1.